The second-order valence-corrected chi connectivity index (χ2v) is 6.76. The van der Waals surface area contributed by atoms with E-state index < -0.39 is 0 Å². The molecule has 3 nitrogen and oxygen atoms in total. The number of pyridine rings is 1. The Hall–Kier alpha value is -1.09. The molecule has 3 heteroatoms. The number of rotatable bonds is 6. The fourth-order valence-electron chi connectivity index (χ4n) is 3.11. The maximum atomic E-state index is 4.90. The predicted molar refractivity (Wildman–Crippen MR) is 90.8 cm³/mol. The van der Waals surface area contributed by atoms with Crippen LogP contribution >= 0.6 is 0 Å². The molecule has 0 unspecified atom stereocenters. The van der Waals surface area contributed by atoms with Gasteiger partial charge in [0, 0.05) is 25.3 Å². The van der Waals surface area contributed by atoms with Crippen molar-refractivity contribution in [3.05, 3.63) is 23.4 Å². The lowest BCUT2D eigenvalue weighted by atomic mass is 9.78. The fourth-order valence-corrected chi connectivity index (χ4v) is 3.11. The highest BCUT2D eigenvalue weighted by Crippen LogP contribution is 2.35. The Balaban J connectivity index is 2.15. The van der Waals surface area contributed by atoms with Crippen molar-refractivity contribution < 1.29 is 0 Å². The van der Waals surface area contributed by atoms with Gasteiger partial charge in [0.1, 0.15) is 5.82 Å². The van der Waals surface area contributed by atoms with Gasteiger partial charge < -0.3 is 10.2 Å². The molecule has 1 aromatic heterocycles. The number of aryl methyl sites for hydroxylation is 1. The Morgan fingerprint density at radius 1 is 1.24 bits per heavy atom. The first-order valence-corrected chi connectivity index (χ1v) is 8.49. The van der Waals surface area contributed by atoms with Crippen LogP contribution in [0.2, 0.25) is 0 Å². The number of hydrogen-bond donors (Lipinski definition) is 1. The van der Waals surface area contributed by atoms with E-state index in [0.29, 0.717) is 5.41 Å². The normalized spacial score (nSPS) is 18.0. The zero-order valence-electron chi connectivity index (χ0n) is 14.2. The second-order valence-electron chi connectivity index (χ2n) is 6.76. The summed E-state index contributed by atoms with van der Waals surface area (Å²) in [5.41, 5.74) is 3.13. The smallest absolute Gasteiger partial charge is 0.129 e. The molecule has 0 radical (unpaired) electrons. The first-order valence-electron chi connectivity index (χ1n) is 8.49. The summed E-state index contributed by atoms with van der Waals surface area (Å²) in [6, 6.07) is 4.52. The topological polar surface area (TPSA) is 28.2 Å². The fraction of sp³-hybridized carbons (Fsp3) is 0.722. The second kappa shape index (κ2) is 7.26. The largest absolute Gasteiger partial charge is 0.357 e. The molecular weight excluding hydrogens is 258 g/mol. The van der Waals surface area contributed by atoms with Crippen LogP contribution < -0.4 is 10.2 Å². The molecule has 0 saturated carbocycles. The molecule has 2 rings (SSSR count). The lowest BCUT2D eigenvalue weighted by Gasteiger charge is -2.39. The van der Waals surface area contributed by atoms with Crippen LogP contribution in [-0.4, -0.2) is 25.1 Å². The average Bonchev–Trinajstić information content (AvgIpc) is 2.48. The van der Waals surface area contributed by atoms with Gasteiger partial charge in [-0.1, -0.05) is 33.6 Å². The molecule has 1 aliphatic heterocycles. The molecular formula is C18H31N3. The van der Waals surface area contributed by atoms with E-state index in [2.05, 4.69) is 43.1 Å². The van der Waals surface area contributed by atoms with Gasteiger partial charge in [-0.05, 0) is 49.4 Å². The number of piperidine rings is 1. The van der Waals surface area contributed by atoms with Crippen molar-refractivity contribution in [2.45, 2.75) is 59.4 Å². The SMILES string of the molecule is CCCc1cc(CNC)cc(N2CCC(C)(CC)CC2)n1. The van der Waals surface area contributed by atoms with Gasteiger partial charge in [-0.15, -0.1) is 0 Å². The van der Waals surface area contributed by atoms with Gasteiger partial charge in [0.2, 0.25) is 0 Å². The van der Waals surface area contributed by atoms with Crippen LogP contribution in [0.4, 0.5) is 5.82 Å². The Morgan fingerprint density at radius 3 is 2.52 bits per heavy atom. The van der Waals surface area contributed by atoms with E-state index in [1.807, 2.05) is 7.05 Å². The molecule has 0 spiro atoms. The average molecular weight is 289 g/mol. The van der Waals surface area contributed by atoms with Crippen LogP contribution in [0.5, 0.6) is 0 Å². The molecule has 1 fully saturated rings. The molecule has 2 heterocycles. The quantitative estimate of drug-likeness (QED) is 0.864. The lowest BCUT2D eigenvalue weighted by Crippen LogP contribution is -2.39. The van der Waals surface area contributed by atoms with Crippen LogP contribution in [0.3, 0.4) is 0 Å². The van der Waals surface area contributed by atoms with Gasteiger partial charge in [0.25, 0.3) is 0 Å². The maximum absolute atomic E-state index is 4.90. The highest BCUT2D eigenvalue weighted by molar-refractivity contribution is 5.43. The third-order valence-corrected chi connectivity index (χ3v) is 4.96. The maximum Gasteiger partial charge on any atom is 0.129 e. The molecule has 1 aliphatic rings. The van der Waals surface area contributed by atoms with E-state index >= 15 is 0 Å². The minimum atomic E-state index is 0.533. The molecule has 21 heavy (non-hydrogen) atoms. The summed E-state index contributed by atoms with van der Waals surface area (Å²) < 4.78 is 0. The number of hydrogen-bond acceptors (Lipinski definition) is 3. The highest BCUT2D eigenvalue weighted by atomic mass is 15.2. The summed E-state index contributed by atoms with van der Waals surface area (Å²) in [6.07, 6.45) is 6.08. The Bertz CT molecular complexity index is 424. The third kappa shape index (κ3) is 4.19. The molecule has 118 valence electrons. The summed E-state index contributed by atoms with van der Waals surface area (Å²) in [5.74, 6) is 1.18. The lowest BCUT2D eigenvalue weighted by molar-refractivity contribution is 0.237. The van der Waals surface area contributed by atoms with Crippen molar-refractivity contribution in [3.8, 4) is 0 Å². The van der Waals surface area contributed by atoms with Crippen molar-refractivity contribution in [2.24, 2.45) is 5.41 Å². The van der Waals surface area contributed by atoms with E-state index in [1.165, 1.54) is 36.3 Å². The van der Waals surface area contributed by atoms with Gasteiger partial charge in [0.05, 0.1) is 0 Å². The Kier molecular flexibility index (Phi) is 5.63. The van der Waals surface area contributed by atoms with E-state index in [4.69, 9.17) is 4.98 Å². The molecule has 0 atom stereocenters. The Labute approximate surface area is 130 Å². The van der Waals surface area contributed by atoms with Crippen molar-refractivity contribution in [2.75, 3.05) is 25.0 Å². The minimum Gasteiger partial charge on any atom is -0.357 e. The van der Waals surface area contributed by atoms with E-state index in [9.17, 15) is 0 Å². The predicted octanol–water partition coefficient (Wildman–Crippen LogP) is 3.77. The van der Waals surface area contributed by atoms with Crippen LogP contribution in [0.1, 0.15) is 57.7 Å². The summed E-state index contributed by atoms with van der Waals surface area (Å²) in [4.78, 5) is 7.38. The van der Waals surface area contributed by atoms with Crippen molar-refractivity contribution in [3.63, 3.8) is 0 Å². The van der Waals surface area contributed by atoms with E-state index in [-0.39, 0.29) is 0 Å². The molecule has 1 N–H and O–H groups in total. The summed E-state index contributed by atoms with van der Waals surface area (Å²) in [7, 11) is 2.01. The zero-order valence-corrected chi connectivity index (χ0v) is 14.2. The van der Waals surface area contributed by atoms with Crippen LogP contribution in [0, 0.1) is 5.41 Å². The van der Waals surface area contributed by atoms with Gasteiger partial charge in [-0.3, -0.25) is 0 Å². The molecule has 1 aromatic rings. The molecule has 0 bridgehead atoms. The van der Waals surface area contributed by atoms with Crippen molar-refractivity contribution in [1.29, 1.82) is 0 Å². The van der Waals surface area contributed by atoms with Crippen LogP contribution in [0.15, 0.2) is 12.1 Å². The highest BCUT2D eigenvalue weighted by Gasteiger charge is 2.28. The van der Waals surface area contributed by atoms with E-state index in [1.54, 1.807) is 0 Å². The van der Waals surface area contributed by atoms with Crippen LogP contribution in [-0.2, 0) is 13.0 Å². The molecule has 0 aromatic carbocycles. The first-order chi connectivity index (χ1) is 10.1. The van der Waals surface area contributed by atoms with Gasteiger partial charge in [0.15, 0.2) is 0 Å². The molecule has 0 aliphatic carbocycles. The first kappa shape index (κ1) is 16.3. The van der Waals surface area contributed by atoms with Gasteiger partial charge >= 0.3 is 0 Å². The standard InChI is InChI=1S/C18H31N3/c1-5-7-16-12-15(14-19-4)13-17(20-16)21-10-8-18(3,6-2)9-11-21/h12-13,19H,5-11,14H2,1-4H3. The molecule has 1 saturated heterocycles. The minimum absolute atomic E-state index is 0.533. The van der Waals surface area contributed by atoms with Gasteiger partial charge in [-0.2, -0.15) is 0 Å². The zero-order chi connectivity index (χ0) is 15.3. The summed E-state index contributed by atoms with van der Waals surface area (Å²) in [6.45, 7) is 10.2. The summed E-state index contributed by atoms with van der Waals surface area (Å²) >= 11 is 0. The van der Waals surface area contributed by atoms with Gasteiger partial charge in [-0.25, -0.2) is 4.98 Å². The monoisotopic (exact) mass is 289 g/mol. The summed E-state index contributed by atoms with van der Waals surface area (Å²) in [5, 5.41) is 3.26. The Morgan fingerprint density at radius 2 is 1.95 bits per heavy atom. The number of aromatic nitrogens is 1. The van der Waals surface area contributed by atoms with E-state index in [0.717, 1.165) is 32.5 Å². The third-order valence-electron chi connectivity index (χ3n) is 4.96. The van der Waals surface area contributed by atoms with Crippen LogP contribution in [0.25, 0.3) is 0 Å². The number of anilines is 1. The van der Waals surface area contributed by atoms with Crippen molar-refractivity contribution in [1.82, 2.24) is 10.3 Å². The van der Waals surface area contributed by atoms with Crippen molar-refractivity contribution >= 4 is 5.82 Å². The molecule has 0 amide bonds. The number of nitrogens with one attached hydrogen (secondary N) is 1. The number of nitrogens with zero attached hydrogens (tertiary/aromatic N) is 2.